The Morgan fingerprint density at radius 3 is 2.27 bits per heavy atom. The molecule has 0 heterocycles. The van der Waals surface area contributed by atoms with E-state index in [4.69, 9.17) is 5.26 Å². The van der Waals surface area contributed by atoms with Crippen LogP contribution in [0.3, 0.4) is 0 Å². The number of alkyl halides is 2. The lowest BCUT2D eigenvalue weighted by Crippen LogP contribution is -2.30. The van der Waals surface area contributed by atoms with Crippen LogP contribution in [0.15, 0.2) is 59.1 Å². The molecule has 2 aromatic carbocycles. The van der Waals surface area contributed by atoms with Crippen LogP contribution >= 0.6 is 15.9 Å². The quantitative estimate of drug-likeness (QED) is 0.704. The highest BCUT2D eigenvalue weighted by Crippen LogP contribution is 2.33. The average molecular weight is 364 g/mol. The molecule has 0 fully saturated rings. The third kappa shape index (κ3) is 3.77. The number of nitriles is 1. The molecule has 2 nitrogen and oxygen atoms in total. The van der Waals surface area contributed by atoms with Gasteiger partial charge in [0.1, 0.15) is 0 Å². The van der Waals surface area contributed by atoms with Crippen molar-refractivity contribution in [3.05, 3.63) is 70.2 Å². The maximum Gasteiger partial charge on any atom is 0.311 e. The summed E-state index contributed by atoms with van der Waals surface area (Å²) in [5.41, 5.74) is 0.409. The van der Waals surface area contributed by atoms with Crippen molar-refractivity contribution in [2.45, 2.75) is 18.3 Å². The lowest BCUT2D eigenvalue weighted by atomic mass is 9.91. The average Bonchev–Trinajstić information content (AvgIpc) is 2.53. The fourth-order valence-electron chi connectivity index (χ4n) is 2.08. The van der Waals surface area contributed by atoms with E-state index in [0.717, 1.165) is 4.47 Å². The zero-order chi connectivity index (χ0) is 16.2. The Balaban J connectivity index is 2.21. The first-order valence-corrected chi connectivity index (χ1v) is 7.36. The Morgan fingerprint density at radius 2 is 1.73 bits per heavy atom. The Hall–Kier alpha value is -2.06. The number of carbonyl (C=O) groups is 1. The predicted molar refractivity (Wildman–Crippen MR) is 82.8 cm³/mol. The van der Waals surface area contributed by atoms with Crippen molar-refractivity contribution in [3.8, 4) is 6.07 Å². The van der Waals surface area contributed by atoms with E-state index in [0.29, 0.717) is 5.56 Å². The number of rotatable bonds is 5. The van der Waals surface area contributed by atoms with Crippen LogP contribution in [-0.4, -0.2) is 11.7 Å². The van der Waals surface area contributed by atoms with Gasteiger partial charge in [0.25, 0.3) is 0 Å². The van der Waals surface area contributed by atoms with Crippen molar-refractivity contribution in [3.63, 3.8) is 0 Å². The van der Waals surface area contributed by atoms with Gasteiger partial charge in [-0.25, -0.2) is 0 Å². The number of Topliss-reactive ketones (excluding diaryl/α,β-unsaturated/α-hetero) is 1. The zero-order valence-electron chi connectivity index (χ0n) is 11.5. The number of benzene rings is 2. The molecule has 0 unspecified atom stereocenters. The second kappa shape index (κ2) is 6.80. The standard InChI is InChI=1S/C17H12BrF2NO/c18-15-8-6-12(7-9-15)14(11-21)10-17(19,20)16(22)13-4-2-1-3-5-13/h1-9,14H,10H2/t14-/m1/s1. The number of ketones is 1. The van der Waals surface area contributed by atoms with Gasteiger partial charge in [0.2, 0.25) is 5.78 Å². The normalized spacial score (nSPS) is 12.5. The van der Waals surface area contributed by atoms with Crippen LogP contribution < -0.4 is 0 Å². The molecule has 5 heteroatoms. The monoisotopic (exact) mass is 363 g/mol. The summed E-state index contributed by atoms with van der Waals surface area (Å²) in [6.07, 6.45) is -0.834. The highest BCUT2D eigenvalue weighted by atomic mass is 79.9. The Labute approximate surface area is 135 Å². The van der Waals surface area contributed by atoms with Crippen LogP contribution in [0, 0.1) is 11.3 Å². The number of halogens is 3. The van der Waals surface area contributed by atoms with Crippen LogP contribution in [-0.2, 0) is 0 Å². The van der Waals surface area contributed by atoms with Crippen molar-refractivity contribution >= 4 is 21.7 Å². The van der Waals surface area contributed by atoms with E-state index in [1.165, 1.54) is 24.3 Å². The summed E-state index contributed by atoms with van der Waals surface area (Å²) in [5.74, 6) is -5.89. The van der Waals surface area contributed by atoms with Crippen molar-refractivity contribution in [1.82, 2.24) is 0 Å². The van der Waals surface area contributed by atoms with E-state index in [9.17, 15) is 13.6 Å². The van der Waals surface area contributed by atoms with E-state index in [2.05, 4.69) is 15.9 Å². The van der Waals surface area contributed by atoms with Crippen LogP contribution in [0.1, 0.15) is 28.3 Å². The smallest absolute Gasteiger partial charge is 0.287 e. The molecule has 0 bridgehead atoms. The maximum absolute atomic E-state index is 14.2. The van der Waals surface area contributed by atoms with Gasteiger partial charge in [-0.15, -0.1) is 0 Å². The van der Waals surface area contributed by atoms with Gasteiger partial charge in [-0.2, -0.15) is 14.0 Å². The first kappa shape index (κ1) is 16.3. The second-order valence-electron chi connectivity index (χ2n) is 4.84. The highest BCUT2D eigenvalue weighted by molar-refractivity contribution is 9.10. The van der Waals surface area contributed by atoms with Crippen LogP contribution in [0.25, 0.3) is 0 Å². The fraction of sp³-hybridized carbons (Fsp3) is 0.176. The van der Waals surface area contributed by atoms with Crippen LogP contribution in [0.2, 0.25) is 0 Å². The molecule has 2 aromatic rings. The number of carbonyl (C=O) groups excluding carboxylic acids is 1. The molecule has 0 spiro atoms. The largest absolute Gasteiger partial charge is 0.311 e. The summed E-state index contributed by atoms with van der Waals surface area (Å²) >= 11 is 3.25. The SMILES string of the molecule is N#C[C@@H](CC(F)(F)C(=O)c1ccccc1)c1ccc(Br)cc1. The van der Waals surface area contributed by atoms with Gasteiger partial charge in [0.05, 0.1) is 12.0 Å². The van der Waals surface area contributed by atoms with Gasteiger partial charge >= 0.3 is 5.92 Å². The lowest BCUT2D eigenvalue weighted by molar-refractivity contribution is 0.00316. The van der Waals surface area contributed by atoms with E-state index < -0.39 is 24.0 Å². The first-order valence-electron chi connectivity index (χ1n) is 6.57. The van der Waals surface area contributed by atoms with Gasteiger partial charge in [-0.1, -0.05) is 58.4 Å². The molecule has 22 heavy (non-hydrogen) atoms. The summed E-state index contributed by atoms with van der Waals surface area (Å²) < 4.78 is 29.2. The van der Waals surface area contributed by atoms with E-state index in [1.54, 1.807) is 30.3 Å². The minimum Gasteiger partial charge on any atom is -0.287 e. The molecule has 2 rings (SSSR count). The molecule has 0 saturated heterocycles. The van der Waals surface area contributed by atoms with Crippen LogP contribution in [0.4, 0.5) is 8.78 Å². The molecule has 0 amide bonds. The predicted octanol–water partition coefficient (Wildman–Crippen LogP) is 4.96. The fourth-order valence-corrected chi connectivity index (χ4v) is 2.35. The molecule has 0 aliphatic rings. The van der Waals surface area contributed by atoms with E-state index >= 15 is 0 Å². The minimum atomic E-state index is -3.59. The molecule has 1 atom stereocenters. The lowest BCUT2D eigenvalue weighted by Gasteiger charge is -2.18. The topological polar surface area (TPSA) is 40.9 Å². The summed E-state index contributed by atoms with van der Waals surface area (Å²) in [4.78, 5) is 11.9. The molecular formula is C17H12BrF2NO. The summed E-state index contributed by atoms with van der Waals surface area (Å²) in [7, 11) is 0. The van der Waals surface area contributed by atoms with Gasteiger partial charge in [0, 0.05) is 16.5 Å². The van der Waals surface area contributed by atoms with Crippen molar-refractivity contribution in [2.24, 2.45) is 0 Å². The van der Waals surface area contributed by atoms with Gasteiger partial charge in [0.15, 0.2) is 0 Å². The zero-order valence-corrected chi connectivity index (χ0v) is 13.1. The van der Waals surface area contributed by atoms with Crippen molar-refractivity contribution in [1.29, 1.82) is 5.26 Å². The number of hydrogen-bond acceptors (Lipinski definition) is 2. The summed E-state index contributed by atoms with van der Waals surface area (Å²) in [6.45, 7) is 0. The summed E-state index contributed by atoms with van der Waals surface area (Å²) in [6, 6.07) is 15.8. The highest BCUT2D eigenvalue weighted by Gasteiger charge is 2.41. The van der Waals surface area contributed by atoms with E-state index in [1.807, 2.05) is 6.07 Å². The molecule has 0 saturated carbocycles. The molecule has 0 aliphatic heterocycles. The Bertz CT molecular complexity index is 693. The molecule has 0 aliphatic carbocycles. The molecule has 112 valence electrons. The molecule has 0 aromatic heterocycles. The van der Waals surface area contributed by atoms with Gasteiger partial charge in [-0.05, 0) is 17.7 Å². The second-order valence-corrected chi connectivity index (χ2v) is 5.75. The third-order valence-corrected chi connectivity index (χ3v) is 3.79. The van der Waals surface area contributed by atoms with Crippen molar-refractivity contribution < 1.29 is 13.6 Å². The van der Waals surface area contributed by atoms with Gasteiger partial charge < -0.3 is 0 Å². The summed E-state index contributed by atoms with van der Waals surface area (Å²) in [5, 5.41) is 9.16. The van der Waals surface area contributed by atoms with Crippen molar-refractivity contribution in [2.75, 3.05) is 0 Å². The molecular weight excluding hydrogens is 352 g/mol. The first-order chi connectivity index (χ1) is 10.4. The number of hydrogen-bond donors (Lipinski definition) is 0. The minimum absolute atomic E-state index is 0.0556. The van der Waals surface area contributed by atoms with Gasteiger partial charge in [-0.3, -0.25) is 4.79 Å². The Kier molecular flexibility index (Phi) is 5.04. The third-order valence-electron chi connectivity index (χ3n) is 3.26. The number of nitrogens with zero attached hydrogens (tertiary/aromatic N) is 1. The Morgan fingerprint density at radius 1 is 1.14 bits per heavy atom. The van der Waals surface area contributed by atoms with E-state index in [-0.39, 0.29) is 5.56 Å². The van der Waals surface area contributed by atoms with Crippen LogP contribution in [0.5, 0.6) is 0 Å². The molecule has 0 radical (unpaired) electrons. The maximum atomic E-state index is 14.2. The molecule has 0 N–H and O–H groups in total.